The Labute approximate surface area is 148 Å². The Bertz CT molecular complexity index is 1150. The van der Waals surface area contributed by atoms with Crippen molar-refractivity contribution in [2.24, 2.45) is 0 Å². The fourth-order valence-corrected chi connectivity index (χ4v) is 3.09. The van der Waals surface area contributed by atoms with E-state index in [2.05, 4.69) is 30.8 Å². The highest BCUT2D eigenvalue weighted by Gasteiger charge is 2.20. The number of H-pyrrole nitrogens is 1. The van der Waals surface area contributed by atoms with Gasteiger partial charge < -0.3 is 21.1 Å². The van der Waals surface area contributed by atoms with Gasteiger partial charge in [0, 0.05) is 18.7 Å². The standard InChI is InChI=1S/C18H15N7O/c1-20-15-8-11(22-18(19)23-15)9-6-12-16-14(7-9)26-13-5-3-2-4-10(13)21-17(16)25-24-12/h2-8H,1H3,(H2,21,24,25)(H3,19,20,22,23). The third-order valence-electron chi connectivity index (χ3n) is 4.28. The molecule has 0 bridgehead atoms. The molecule has 8 heteroatoms. The number of hydrogen-bond acceptors (Lipinski definition) is 7. The maximum atomic E-state index is 6.17. The zero-order valence-corrected chi connectivity index (χ0v) is 13.9. The van der Waals surface area contributed by atoms with Crippen molar-refractivity contribution in [3.63, 3.8) is 0 Å². The topological polar surface area (TPSA) is 114 Å². The van der Waals surface area contributed by atoms with Gasteiger partial charge in [0.15, 0.2) is 11.6 Å². The molecule has 2 aromatic heterocycles. The molecule has 5 rings (SSSR count). The highest BCUT2D eigenvalue weighted by atomic mass is 16.5. The lowest BCUT2D eigenvalue weighted by Gasteiger charge is -2.10. The Morgan fingerprint density at radius 1 is 1.08 bits per heavy atom. The Morgan fingerprint density at radius 3 is 2.85 bits per heavy atom. The van der Waals surface area contributed by atoms with Gasteiger partial charge >= 0.3 is 0 Å². The molecule has 5 N–H and O–H groups in total. The van der Waals surface area contributed by atoms with E-state index in [1.807, 2.05) is 42.5 Å². The molecule has 8 nitrogen and oxygen atoms in total. The van der Waals surface area contributed by atoms with Crippen molar-refractivity contribution in [1.29, 1.82) is 0 Å². The van der Waals surface area contributed by atoms with E-state index in [9.17, 15) is 0 Å². The molecule has 1 aliphatic heterocycles. The van der Waals surface area contributed by atoms with Crippen LogP contribution in [0.1, 0.15) is 0 Å². The molecule has 26 heavy (non-hydrogen) atoms. The summed E-state index contributed by atoms with van der Waals surface area (Å²) in [4.78, 5) is 8.48. The molecule has 0 radical (unpaired) electrons. The minimum atomic E-state index is 0.205. The van der Waals surface area contributed by atoms with Crippen LogP contribution in [0.25, 0.3) is 22.2 Å². The van der Waals surface area contributed by atoms with E-state index in [0.29, 0.717) is 17.3 Å². The summed E-state index contributed by atoms with van der Waals surface area (Å²) in [6, 6.07) is 13.5. The normalized spacial score (nSPS) is 12.0. The average molecular weight is 345 g/mol. The number of nitrogens with two attached hydrogens (primary N) is 1. The van der Waals surface area contributed by atoms with Crippen LogP contribution in [-0.4, -0.2) is 27.2 Å². The summed E-state index contributed by atoms with van der Waals surface area (Å²) < 4.78 is 6.17. The lowest BCUT2D eigenvalue weighted by atomic mass is 10.1. The van der Waals surface area contributed by atoms with Gasteiger partial charge in [-0.15, -0.1) is 0 Å². The van der Waals surface area contributed by atoms with Gasteiger partial charge in [-0.05, 0) is 24.3 Å². The van der Waals surface area contributed by atoms with Crippen LogP contribution < -0.4 is 21.1 Å². The van der Waals surface area contributed by atoms with Gasteiger partial charge in [-0.25, -0.2) is 4.98 Å². The Kier molecular flexibility index (Phi) is 2.99. The molecule has 4 aromatic rings. The molecule has 0 atom stereocenters. The van der Waals surface area contributed by atoms with Crippen molar-refractivity contribution in [2.75, 3.05) is 23.4 Å². The van der Waals surface area contributed by atoms with E-state index in [-0.39, 0.29) is 5.95 Å². The molecule has 128 valence electrons. The van der Waals surface area contributed by atoms with Gasteiger partial charge in [0.2, 0.25) is 5.95 Å². The van der Waals surface area contributed by atoms with E-state index in [1.54, 1.807) is 7.05 Å². The van der Waals surface area contributed by atoms with Gasteiger partial charge in [-0.3, -0.25) is 5.10 Å². The number of benzene rings is 2. The van der Waals surface area contributed by atoms with Crippen molar-refractivity contribution in [1.82, 2.24) is 20.2 Å². The number of ether oxygens (including phenoxy) is 1. The summed E-state index contributed by atoms with van der Waals surface area (Å²) in [7, 11) is 1.79. The summed E-state index contributed by atoms with van der Waals surface area (Å²) in [5.41, 5.74) is 9.10. The molecule has 0 saturated heterocycles. The molecule has 1 aliphatic rings. The monoisotopic (exact) mass is 345 g/mol. The number of aromatic nitrogens is 4. The molecule has 3 heterocycles. The van der Waals surface area contributed by atoms with E-state index >= 15 is 0 Å². The van der Waals surface area contributed by atoms with Crippen LogP contribution in [0.2, 0.25) is 0 Å². The Balaban J connectivity index is 1.72. The molecule has 0 unspecified atom stereocenters. The smallest absolute Gasteiger partial charge is 0.222 e. The predicted octanol–water partition coefficient (Wildman–Crippen LogP) is 3.49. The minimum absolute atomic E-state index is 0.205. The summed E-state index contributed by atoms with van der Waals surface area (Å²) in [6.45, 7) is 0. The first kappa shape index (κ1) is 14.5. The molecular formula is C18H15N7O. The molecule has 0 fully saturated rings. The number of nitrogens with zero attached hydrogens (tertiary/aromatic N) is 3. The third kappa shape index (κ3) is 2.20. The number of hydrogen-bond donors (Lipinski definition) is 4. The van der Waals surface area contributed by atoms with Crippen LogP contribution >= 0.6 is 0 Å². The number of aromatic amines is 1. The lowest BCUT2D eigenvalue weighted by molar-refractivity contribution is 0.492. The number of anilines is 4. The maximum Gasteiger partial charge on any atom is 0.222 e. The van der Waals surface area contributed by atoms with Crippen molar-refractivity contribution in [3.05, 3.63) is 42.5 Å². The van der Waals surface area contributed by atoms with Gasteiger partial charge in [0.05, 0.1) is 22.3 Å². The van der Waals surface area contributed by atoms with E-state index in [1.165, 1.54) is 0 Å². The fourth-order valence-electron chi connectivity index (χ4n) is 3.09. The first-order valence-corrected chi connectivity index (χ1v) is 8.10. The fraction of sp³-hybridized carbons (Fsp3) is 0.0556. The zero-order valence-electron chi connectivity index (χ0n) is 13.9. The Morgan fingerprint density at radius 2 is 1.96 bits per heavy atom. The SMILES string of the molecule is CNc1cc(-c2cc3c4c(n[nH]c4c2)Nc2ccccc2O3)nc(N)n1. The number of para-hydroxylation sites is 2. The largest absolute Gasteiger partial charge is 0.454 e. The third-order valence-corrected chi connectivity index (χ3v) is 4.28. The molecule has 0 spiro atoms. The average Bonchev–Trinajstić information content (AvgIpc) is 2.97. The van der Waals surface area contributed by atoms with Crippen molar-refractivity contribution in [2.45, 2.75) is 0 Å². The summed E-state index contributed by atoms with van der Waals surface area (Å²) >= 11 is 0. The van der Waals surface area contributed by atoms with Gasteiger partial charge in [-0.2, -0.15) is 10.1 Å². The second-order valence-electron chi connectivity index (χ2n) is 5.94. The minimum Gasteiger partial charge on any atom is -0.454 e. The van der Waals surface area contributed by atoms with Gasteiger partial charge in [-0.1, -0.05) is 12.1 Å². The van der Waals surface area contributed by atoms with Gasteiger partial charge in [0.25, 0.3) is 0 Å². The van der Waals surface area contributed by atoms with Crippen LogP contribution in [0.4, 0.5) is 23.3 Å². The molecular weight excluding hydrogens is 330 g/mol. The molecule has 0 aliphatic carbocycles. The highest BCUT2D eigenvalue weighted by Crippen LogP contribution is 2.43. The van der Waals surface area contributed by atoms with Crippen molar-refractivity contribution in [3.8, 4) is 22.8 Å². The van der Waals surface area contributed by atoms with Crippen LogP contribution in [0.15, 0.2) is 42.5 Å². The quantitative estimate of drug-likeness (QED) is 0.387. The van der Waals surface area contributed by atoms with Crippen molar-refractivity contribution < 1.29 is 4.74 Å². The van der Waals surface area contributed by atoms with Crippen LogP contribution in [-0.2, 0) is 0 Å². The second kappa shape index (κ2) is 5.35. The number of rotatable bonds is 2. The number of fused-ring (bicyclic) bond motifs is 1. The predicted molar refractivity (Wildman–Crippen MR) is 101 cm³/mol. The molecule has 2 aromatic carbocycles. The zero-order chi connectivity index (χ0) is 17.7. The summed E-state index contributed by atoms with van der Waals surface area (Å²) in [6.07, 6.45) is 0. The van der Waals surface area contributed by atoms with Crippen LogP contribution in [0.3, 0.4) is 0 Å². The maximum absolute atomic E-state index is 6.17. The number of nitrogen functional groups attached to an aromatic ring is 1. The lowest BCUT2D eigenvalue weighted by Crippen LogP contribution is -2.01. The molecule has 0 amide bonds. The Hall–Kier alpha value is -3.81. The van der Waals surface area contributed by atoms with Crippen LogP contribution in [0, 0.1) is 0 Å². The van der Waals surface area contributed by atoms with E-state index in [0.717, 1.165) is 33.7 Å². The first-order valence-electron chi connectivity index (χ1n) is 8.10. The number of nitrogens with one attached hydrogen (secondary N) is 3. The van der Waals surface area contributed by atoms with Crippen LogP contribution in [0.5, 0.6) is 11.5 Å². The molecule has 0 saturated carbocycles. The summed E-state index contributed by atoms with van der Waals surface area (Å²) in [5.74, 6) is 3.02. The second-order valence-corrected chi connectivity index (χ2v) is 5.94. The van der Waals surface area contributed by atoms with Crippen molar-refractivity contribution >= 4 is 34.2 Å². The first-order chi connectivity index (χ1) is 12.7. The van der Waals surface area contributed by atoms with Gasteiger partial charge in [0.1, 0.15) is 11.6 Å². The van der Waals surface area contributed by atoms with E-state index in [4.69, 9.17) is 10.5 Å². The summed E-state index contributed by atoms with van der Waals surface area (Å²) in [5, 5.41) is 14.6. The van der Waals surface area contributed by atoms with E-state index < -0.39 is 0 Å². The highest BCUT2D eigenvalue weighted by molar-refractivity contribution is 6.00.